The number of halogens is 1. The van der Waals surface area contributed by atoms with Crippen LogP contribution in [0, 0.1) is 5.82 Å². The maximum atomic E-state index is 13.9. The fraction of sp³-hybridized carbons (Fsp3) is 0.500. The summed E-state index contributed by atoms with van der Waals surface area (Å²) in [5.41, 5.74) is 2.00. The Morgan fingerprint density at radius 1 is 1.17 bits per heavy atom. The fourth-order valence-corrected chi connectivity index (χ4v) is 6.02. The molecule has 0 aromatic carbocycles. The summed E-state index contributed by atoms with van der Waals surface area (Å²) >= 11 is 1.83. The quantitative estimate of drug-likeness (QED) is 0.667. The number of nitrogens with one attached hydrogen (secondary N) is 1. The van der Waals surface area contributed by atoms with Gasteiger partial charge in [0.25, 0.3) is 0 Å². The smallest absolute Gasteiger partial charge is 0.146 e. The van der Waals surface area contributed by atoms with E-state index in [1.165, 1.54) is 34.7 Å². The predicted molar refractivity (Wildman–Crippen MR) is 115 cm³/mol. The molecule has 1 N–H and O–H groups in total. The standard InChI is InChI=1S/C22H26FN5S/c1-28(12-18-17(23)5-3-11-24-18)15-9-7-14(8-10-15)27-21-20-16-4-2-6-19(16)29-22(20)26-13-25-21/h3,5,11,13-15H,2,4,6-10,12H2,1H3,(H,25,26,27)/t14-,15-. The first kappa shape index (κ1) is 18.9. The van der Waals surface area contributed by atoms with E-state index in [4.69, 9.17) is 0 Å². The Bertz CT molecular complexity index is 1010. The summed E-state index contributed by atoms with van der Waals surface area (Å²) in [6.07, 6.45) is 11.3. The van der Waals surface area contributed by atoms with E-state index < -0.39 is 0 Å². The highest BCUT2D eigenvalue weighted by Crippen LogP contribution is 2.39. The molecule has 3 aromatic rings. The lowest BCUT2D eigenvalue weighted by Crippen LogP contribution is -2.38. The van der Waals surface area contributed by atoms with Gasteiger partial charge in [0.15, 0.2) is 0 Å². The van der Waals surface area contributed by atoms with Crippen molar-refractivity contribution in [2.75, 3.05) is 12.4 Å². The van der Waals surface area contributed by atoms with Crippen LogP contribution in [-0.2, 0) is 19.4 Å². The van der Waals surface area contributed by atoms with Gasteiger partial charge in [0.1, 0.15) is 22.8 Å². The van der Waals surface area contributed by atoms with Crippen LogP contribution in [0.15, 0.2) is 24.7 Å². The van der Waals surface area contributed by atoms with Gasteiger partial charge in [-0.15, -0.1) is 11.3 Å². The molecule has 3 heterocycles. The highest BCUT2D eigenvalue weighted by molar-refractivity contribution is 7.19. The molecule has 29 heavy (non-hydrogen) atoms. The number of aryl methyl sites for hydroxylation is 2. The van der Waals surface area contributed by atoms with Crippen LogP contribution in [0.3, 0.4) is 0 Å². The topological polar surface area (TPSA) is 53.9 Å². The second kappa shape index (κ2) is 7.95. The maximum absolute atomic E-state index is 13.9. The molecular formula is C22H26FN5S. The van der Waals surface area contributed by atoms with Gasteiger partial charge >= 0.3 is 0 Å². The molecule has 152 valence electrons. The van der Waals surface area contributed by atoms with Gasteiger partial charge in [-0.05, 0) is 69.7 Å². The lowest BCUT2D eigenvalue weighted by atomic mass is 9.90. The molecule has 0 bridgehead atoms. The van der Waals surface area contributed by atoms with Crippen LogP contribution in [0.1, 0.15) is 48.2 Å². The average molecular weight is 412 g/mol. The predicted octanol–water partition coefficient (Wildman–Crippen LogP) is 4.57. The third-order valence-corrected chi connectivity index (χ3v) is 7.60. The van der Waals surface area contributed by atoms with Gasteiger partial charge in [-0.2, -0.15) is 0 Å². The number of thiophene rings is 1. The van der Waals surface area contributed by atoms with E-state index in [1.807, 2.05) is 11.3 Å². The molecule has 0 amide bonds. The van der Waals surface area contributed by atoms with Crippen molar-refractivity contribution in [2.24, 2.45) is 0 Å². The summed E-state index contributed by atoms with van der Waals surface area (Å²) in [4.78, 5) is 18.2. The molecule has 0 saturated heterocycles. The Labute approximate surface area is 174 Å². The summed E-state index contributed by atoms with van der Waals surface area (Å²) in [5, 5.41) is 4.98. The van der Waals surface area contributed by atoms with Gasteiger partial charge in [-0.3, -0.25) is 9.88 Å². The number of hydrogen-bond donors (Lipinski definition) is 1. The molecule has 1 saturated carbocycles. The Morgan fingerprint density at radius 2 is 2.03 bits per heavy atom. The first-order valence-corrected chi connectivity index (χ1v) is 11.3. The number of anilines is 1. The molecule has 2 aliphatic carbocycles. The van der Waals surface area contributed by atoms with Crippen LogP contribution < -0.4 is 5.32 Å². The van der Waals surface area contributed by atoms with Crippen LogP contribution in [0.5, 0.6) is 0 Å². The van der Waals surface area contributed by atoms with E-state index in [2.05, 4.69) is 32.2 Å². The number of fused-ring (bicyclic) bond motifs is 3. The first-order chi connectivity index (χ1) is 14.2. The SMILES string of the molecule is CN(Cc1ncccc1F)[C@H]1CC[C@H](Nc2ncnc3sc4c(c23)CCC4)CC1. The summed E-state index contributed by atoms with van der Waals surface area (Å²) in [6.45, 7) is 0.559. The van der Waals surface area contributed by atoms with Gasteiger partial charge < -0.3 is 5.32 Å². The van der Waals surface area contributed by atoms with Crippen LogP contribution in [0.2, 0.25) is 0 Å². The van der Waals surface area contributed by atoms with Crippen LogP contribution in [0.4, 0.5) is 10.2 Å². The third-order valence-electron chi connectivity index (χ3n) is 6.40. The van der Waals surface area contributed by atoms with Gasteiger partial charge in [0, 0.05) is 29.7 Å². The van der Waals surface area contributed by atoms with Crippen LogP contribution in [0.25, 0.3) is 10.2 Å². The Morgan fingerprint density at radius 3 is 2.86 bits per heavy atom. The van der Waals surface area contributed by atoms with Crippen LogP contribution in [-0.4, -0.2) is 39.0 Å². The molecule has 0 unspecified atom stereocenters. The summed E-state index contributed by atoms with van der Waals surface area (Å²) in [5.74, 6) is 0.799. The van der Waals surface area contributed by atoms with Gasteiger partial charge in [-0.1, -0.05) is 0 Å². The van der Waals surface area contributed by atoms with E-state index in [-0.39, 0.29) is 5.82 Å². The first-order valence-electron chi connectivity index (χ1n) is 10.5. The van der Waals surface area contributed by atoms with Crippen molar-refractivity contribution in [1.82, 2.24) is 19.9 Å². The zero-order chi connectivity index (χ0) is 19.8. The van der Waals surface area contributed by atoms with Gasteiger partial charge in [0.2, 0.25) is 0 Å². The Kier molecular flexibility index (Phi) is 5.18. The maximum Gasteiger partial charge on any atom is 0.146 e. The zero-order valence-electron chi connectivity index (χ0n) is 16.7. The molecule has 0 radical (unpaired) electrons. The van der Waals surface area contributed by atoms with E-state index in [0.717, 1.165) is 42.8 Å². The van der Waals surface area contributed by atoms with Crippen molar-refractivity contribution in [2.45, 2.75) is 63.6 Å². The number of pyridine rings is 1. The number of hydrogen-bond acceptors (Lipinski definition) is 6. The minimum Gasteiger partial charge on any atom is -0.367 e. The van der Waals surface area contributed by atoms with Crippen LogP contribution >= 0.6 is 11.3 Å². The zero-order valence-corrected chi connectivity index (χ0v) is 17.5. The summed E-state index contributed by atoms with van der Waals surface area (Å²) < 4.78 is 13.9. The number of aromatic nitrogens is 3. The van der Waals surface area contributed by atoms with Crippen molar-refractivity contribution < 1.29 is 4.39 Å². The normalized spacial score (nSPS) is 21.6. The monoisotopic (exact) mass is 411 g/mol. The molecule has 5 rings (SSSR count). The van der Waals surface area contributed by atoms with Crippen molar-refractivity contribution in [3.63, 3.8) is 0 Å². The Balaban J connectivity index is 1.23. The minimum absolute atomic E-state index is 0.217. The average Bonchev–Trinajstić information content (AvgIpc) is 3.32. The summed E-state index contributed by atoms with van der Waals surface area (Å²) in [7, 11) is 2.08. The molecule has 5 nitrogen and oxygen atoms in total. The number of nitrogens with zero attached hydrogens (tertiary/aromatic N) is 4. The molecule has 0 spiro atoms. The molecule has 7 heteroatoms. The lowest BCUT2D eigenvalue weighted by Gasteiger charge is -2.35. The minimum atomic E-state index is -0.217. The summed E-state index contributed by atoms with van der Waals surface area (Å²) in [6, 6.07) is 4.02. The van der Waals surface area contributed by atoms with Crippen molar-refractivity contribution >= 4 is 27.4 Å². The number of rotatable bonds is 5. The molecule has 1 fully saturated rings. The lowest BCUT2D eigenvalue weighted by molar-refractivity contribution is 0.175. The highest BCUT2D eigenvalue weighted by atomic mass is 32.1. The Hall–Kier alpha value is -2.12. The molecular weight excluding hydrogens is 385 g/mol. The van der Waals surface area contributed by atoms with E-state index >= 15 is 0 Å². The molecule has 2 aliphatic rings. The van der Waals surface area contributed by atoms with E-state index in [1.54, 1.807) is 18.6 Å². The van der Waals surface area contributed by atoms with Gasteiger partial charge in [-0.25, -0.2) is 14.4 Å². The third kappa shape index (κ3) is 3.73. The molecule has 3 aromatic heterocycles. The molecule has 0 aliphatic heterocycles. The highest BCUT2D eigenvalue weighted by Gasteiger charge is 2.27. The van der Waals surface area contributed by atoms with E-state index in [0.29, 0.717) is 24.3 Å². The second-order valence-corrected chi connectivity index (χ2v) is 9.34. The second-order valence-electron chi connectivity index (χ2n) is 8.26. The fourth-order valence-electron chi connectivity index (χ4n) is 4.79. The molecule has 0 atom stereocenters. The van der Waals surface area contributed by atoms with Crippen molar-refractivity contribution in [1.29, 1.82) is 0 Å². The largest absolute Gasteiger partial charge is 0.367 e. The van der Waals surface area contributed by atoms with Crippen molar-refractivity contribution in [3.8, 4) is 0 Å². The van der Waals surface area contributed by atoms with Crippen molar-refractivity contribution in [3.05, 3.63) is 46.6 Å². The van der Waals surface area contributed by atoms with Gasteiger partial charge in [0.05, 0.1) is 11.1 Å². The van der Waals surface area contributed by atoms with E-state index in [9.17, 15) is 4.39 Å².